The van der Waals surface area contributed by atoms with E-state index < -0.39 is 0 Å². The summed E-state index contributed by atoms with van der Waals surface area (Å²) >= 11 is 0. The fourth-order valence-corrected chi connectivity index (χ4v) is 4.58. The highest BCUT2D eigenvalue weighted by Gasteiger charge is 2.31. The van der Waals surface area contributed by atoms with Gasteiger partial charge in [0.05, 0.1) is 36.1 Å². The van der Waals surface area contributed by atoms with Gasteiger partial charge >= 0.3 is 0 Å². The van der Waals surface area contributed by atoms with Crippen molar-refractivity contribution in [1.82, 2.24) is 19.6 Å². The second-order valence-corrected chi connectivity index (χ2v) is 8.19. The lowest BCUT2D eigenvalue weighted by atomic mass is 9.94. The number of benzene rings is 2. The number of hydrogen-bond donors (Lipinski definition) is 0. The summed E-state index contributed by atoms with van der Waals surface area (Å²) in [6, 6.07) is 13.8. The van der Waals surface area contributed by atoms with Crippen molar-refractivity contribution < 1.29 is 9.53 Å². The van der Waals surface area contributed by atoms with Gasteiger partial charge in [-0.1, -0.05) is 6.07 Å². The van der Waals surface area contributed by atoms with Gasteiger partial charge in [0.1, 0.15) is 5.75 Å². The molecule has 0 aliphatic carbocycles. The van der Waals surface area contributed by atoms with Crippen LogP contribution in [-0.2, 0) is 6.54 Å². The van der Waals surface area contributed by atoms with E-state index >= 15 is 0 Å². The molecule has 6 nitrogen and oxygen atoms in total. The van der Waals surface area contributed by atoms with Crippen LogP contribution in [0.5, 0.6) is 5.75 Å². The maximum absolute atomic E-state index is 13.2. The van der Waals surface area contributed by atoms with Gasteiger partial charge in [-0.15, -0.1) is 0 Å². The highest BCUT2D eigenvalue weighted by molar-refractivity contribution is 6.09. The standard InChI is InChI=1S/C23H26N4O2/c1-25-12-10-16(11-13-25)14-26-15-20-22-19(23(26)28)4-3-5-21(22)27(24-20)17-6-8-18(29-2)9-7-17/h3-9,16H,10-15H2,1-2H3. The first-order valence-corrected chi connectivity index (χ1v) is 10.3. The average Bonchev–Trinajstić information content (AvgIpc) is 3.13. The molecule has 3 aromatic rings. The zero-order valence-corrected chi connectivity index (χ0v) is 17.0. The lowest BCUT2D eigenvalue weighted by molar-refractivity contribution is 0.0674. The molecular weight excluding hydrogens is 364 g/mol. The number of ether oxygens (including phenoxy) is 1. The molecule has 29 heavy (non-hydrogen) atoms. The minimum Gasteiger partial charge on any atom is -0.497 e. The van der Waals surface area contributed by atoms with Crippen LogP contribution in [0.4, 0.5) is 0 Å². The summed E-state index contributed by atoms with van der Waals surface area (Å²) in [6.45, 7) is 3.62. The van der Waals surface area contributed by atoms with Crippen molar-refractivity contribution in [2.75, 3.05) is 33.8 Å². The smallest absolute Gasteiger partial charge is 0.254 e. The molecule has 2 aliphatic heterocycles. The van der Waals surface area contributed by atoms with E-state index in [2.05, 4.69) is 11.9 Å². The monoisotopic (exact) mass is 390 g/mol. The van der Waals surface area contributed by atoms with Crippen LogP contribution in [0.1, 0.15) is 28.9 Å². The fraction of sp³-hybridized carbons (Fsp3) is 0.391. The Bertz CT molecular complexity index is 1050. The van der Waals surface area contributed by atoms with E-state index in [0.29, 0.717) is 12.5 Å². The Balaban J connectivity index is 1.48. The molecule has 150 valence electrons. The molecule has 1 fully saturated rings. The highest BCUT2D eigenvalue weighted by Crippen LogP contribution is 2.32. The van der Waals surface area contributed by atoms with E-state index in [4.69, 9.17) is 9.84 Å². The molecule has 0 saturated carbocycles. The summed E-state index contributed by atoms with van der Waals surface area (Å²) in [7, 11) is 3.83. The average molecular weight is 390 g/mol. The van der Waals surface area contributed by atoms with E-state index in [0.717, 1.165) is 66.1 Å². The molecule has 0 spiro atoms. The molecule has 1 saturated heterocycles. The first-order valence-electron chi connectivity index (χ1n) is 10.3. The molecule has 1 amide bonds. The summed E-state index contributed by atoms with van der Waals surface area (Å²) in [5.41, 5.74) is 3.71. The van der Waals surface area contributed by atoms with Crippen molar-refractivity contribution in [1.29, 1.82) is 0 Å². The van der Waals surface area contributed by atoms with E-state index in [1.165, 1.54) is 0 Å². The molecule has 2 aromatic carbocycles. The van der Waals surface area contributed by atoms with E-state index in [1.54, 1.807) is 7.11 Å². The predicted octanol–water partition coefficient (Wildman–Crippen LogP) is 3.33. The van der Waals surface area contributed by atoms with E-state index in [9.17, 15) is 4.79 Å². The van der Waals surface area contributed by atoms with Crippen LogP contribution in [0.3, 0.4) is 0 Å². The predicted molar refractivity (Wildman–Crippen MR) is 113 cm³/mol. The third-order valence-electron chi connectivity index (χ3n) is 6.27. The number of likely N-dealkylation sites (tertiary alicyclic amines) is 1. The van der Waals surface area contributed by atoms with Gasteiger partial charge < -0.3 is 14.5 Å². The van der Waals surface area contributed by atoms with Gasteiger partial charge in [0.15, 0.2) is 0 Å². The molecule has 0 N–H and O–H groups in total. The molecule has 1 aromatic heterocycles. The number of nitrogens with zero attached hydrogens (tertiary/aromatic N) is 4. The van der Waals surface area contributed by atoms with Gasteiger partial charge in [0.25, 0.3) is 5.91 Å². The largest absolute Gasteiger partial charge is 0.497 e. The molecule has 2 aliphatic rings. The lowest BCUT2D eigenvalue weighted by Gasteiger charge is -2.34. The molecule has 0 atom stereocenters. The maximum atomic E-state index is 13.2. The Hall–Kier alpha value is -2.86. The zero-order chi connectivity index (χ0) is 20.0. The van der Waals surface area contributed by atoms with Crippen molar-refractivity contribution in [3.8, 4) is 11.4 Å². The summed E-state index contributed by atoms with van der Waals surface area (Å²) < 4.78 is 7.22. The number of aromatic nitrogens is 2. The second kappa shape index (κ2) is 7.19. The molecule has 5 rings (SSSR count). The number of carbonyl (C=O) groups is 1. The van der Waals surface area contributed by atoms with E-state index in [1.807, 2.05) is 52.0 Å². The van der Waals surface area contributed by atoms with Crippen LogP contribution < -0.4 is 4.74 Å². The SMILES string of the molecule is COc1ccc(-n2nc3c4c(cccc42)C(=O)N(CC2CCN(C)CC2)C3)cc1. The van der Waals surface area contributed by atoms with Crippen molar-refractivity contribution in [2.45, 2.75) is 19.4 Å². The lowest BCUT2D eigenvalue weighted by Crippen LogP contribution is -2.41. The molecule has 0 radical (unpaired) electrons. The number of piperidine rings is 1. The first kappa shape index (κ1) is 18.2. The van der Waals surface area contributed by atoms with E-state index in [-0.39, 0.29) is 5.91 Å². The Kier molecular flexibility index (Phi) is 4.51. The number of methoxy groups -OCH3 is 1. The van der Waals surface area contributed by atoms with Crippen molar-refractivity contribution in [2.24, 2.45) is 5.92 Å². The summed E-state index contributed by atoms with van der Waals surface area (Å²) in [5, 5.41) is 5.90. The van der Waals surface area contributed by atoms with Crippen LogP contribution in [0.2, 0.25) is 0 Å². The highest BCUT2D eigenvalue weighted by atomic mass is 16.5. The van der Waals surface area contributed by atoms with Gasteiger partial charge in [0, 0.05) is 11.9 Å². The quantitative estimate of drug-likeness (QED) is 0.686. The van der Waals surface area contributed by atoms with Gasteiger partial charge in [-0.25, -0.2) is 4.68 Å². The fourth-order valence-electron chi connectivity index (χ4n) is 4.58. The number of rotatable bonds is 4. The van der Waals surface area contributed by atoms with Crippen LogP contribution in [0.25, 0.3) is 16.6 Å². The number of amides is 1. The summed E-state index contributed by atoms with van der Waals surface area (Å²) in [5.74, 6) is 1.52. The number of carbonyl (C=O) groups excluding carboxylic acids is 1. The Labute approximate surface area is 170 Å². The topological polar surface area (TPSA) is 50.6 Å². The first-order chi connectivity index (χ1) is 14.1. The normalized spacial score (nSPS) is 17.9. The molecular formula is C23H26N4O2. The minimum absolute atomic E-state index is 0.135. The Morgan fingerprint density at radius 2 is 1.86 bits per heavy atom. The summed E-state index contributed by atoms with van der Waals surface area (Å²) in [6.07, 6.45) is 2.30. The minimum atomic E-state index is 0.135. The third kappa shape index (κ3) is 3.17. The zero-order valence-electron chi connectivity index (χ0n) is 17.0. The van der Waals surface area contributed by atoms with Crippen molar-refractivity contribution >= 4 is 16.8 Å². The van der Waals surface area contributed by atoms with Gasteiger partial charge in [0.2, 0.25) is 0 Å². The van der Waals surface area contributed by atoms with Crippen molar-refractivity contribution in [3.63, 3.8) is 0 Å². The molecule has 0 unspecified atom stereocenters. The van der Waals surface area contributed by atoms with Crippen LogP contribution >= 0.6 is 0 Å². The van der Waals surface area contributed by atoms with Crippen molar-refractivity contribution in [3.05, 3.63) is 53.7 Å². The molecule has 6 heteroatoms. The third-order valence-corrected chi connectivity index (χ3v) is 6.27. The van der Waals surface area contributed by atoms with Gasteiger partial charge in [-0.2, -0.15) is 5.10 Å². The molecule has 3 heterocycles. The van der Waals surface area contributed by atoms with Gasteiger partial charge in [-0.05, 0) is 75.3 Å². The summed E-state index contributed by atoms with van der Waals surface area (Å²) in [4.78, 5) is 17.6. The number of hydrogen-bond acceptors (Lipinski definition) is 4. The van der Waals surface area contributed by atoms with Crippen LogP contribution in [-0.4, -0.2) is 59.3 Å². The van der Waals surface area contributed by atoms with Crippen LogP contribution in [0.15, 0.2) is 42.5 Å². The van der Waals surface area contributed by atoms with Crippen LogP contribution in [0, 0.1) is 5.92 Å². The molecule has 0 bridgehead atoms. The maximum Gasteiger partial charge on any atom is 0.254 e. The Morgan fingerprint density at radius 3 is 2.59 bits per heavy atom. The van der Waals surface area contributed by atoms with Gasteiger partial charge in [-0.3, -0.25) is 4.79 Å². The Morgan fingerprint density at radius 1 is 1.10 bits per heavy atom. The second-order valence-electron chi connectivity index (χ2n) is 8.19.